The van der Waals surface area contributed by atoms with E-state index in [4.69, 9.17) is 9.47 Å². The van der Waals surface area contributed by atoms with E-state index in [9.17, 15) is 8.42 Å². The summed E-state index contributed by atoms with van der Waals surface area (Å²) in [6.45, 7) is 1.37. The molecule has 4 rings (SSSR count). The Morgan fingerprint density at radius 2 is 2.08 bits per heavy atom. The predicted octanol–water partition coefficient (Wildman–Crippen LogP) is 2.41. The van der Waals surface area contributed by atoms with Crippen molar-refractivity contribution in [1.82, 2.24) is 14.3 Å². The van der Waals surface area contributed by atoms with Gasteiger partial charge >= 0.3 is 6.01 Å². The van der Waals surface area contributed by atoms with Crippen LogP contribution >= 0.6 is 15.9 Å². The monoisotopic (exact) mass is 439 g/mol. The first-order chi connectivity index (χ1) is 12.5. The Bertz CT molecular complexity index is 905. The summed E-state index contributed by atoms with van der Waals surface area (Å²) < 4.78 is 39.5. The molecule has 7 nitrogen and oxygen atoms in total. The Balaban J connectivity index is 1.50. The Morgan fingerprint density at radius 1 is 1.27 bits per heavy atom. The van der Waals surface area contributed by atoms with Gasteiger partial charge in [0.15, 0.2) is 0 Å². The largest absolute Gasteiger partial charge is 0.493 e. The quantitative estimate of drug-likeness (QED) is 0.727. The van der Waals surface area contributed by atoms with E-state index in [-0.39, 0.29) is 18.7 Å². The molecule has 1 aromatic heterocycles. The van der Waals surface area contributed by atoms with Gasteiger partial charge in [-0.15, -0.1) is 0 Å². The number of aromatic nitrogens is 2. The highest BCUT2D eigenvalue weighted by Gasteiger charge is 2.32. The zero-order valence-electron chi connectivity index (χ0n) is 14.0. The number of rotatable bonds is 4. The second-order valence-electron chi connectivity index (χ2n) is 6.30. The molecule has 1 fully saturated rings. The summed E-state index contributed by atoms with van der Waals surface area (Å²) in [5, 5.41) is 0. The van der Waals surface area contributed by atoms with E-state index in [1.54, 1.807) is 30.6 Å². The van der Waals surface area contributed by atoms with Gasteiger partial charge in [0.1, 0.15) is 11.9 Å². The molecule has 2 aromatic rings. The highest BCUT2D eigenvalue weighted by atomic mass is 79.9. The van der Waals surface area contributed by atoms with Crippen molar-refractivity contribution in [3.63, 3.8) is 0 Å². The van der Waals surface area contributed by atoms with Crippen molar-refractivity contribution < 1.29 is 17.9 Å². The molecule has 0 saturated carbocycles. The molecule has 0 radical (unpaired) electrons. The van der Waals surface area contributed by atoms with Crippen molar-refractivity contribution in [3.05, 3.63) is 40.6 Å². The third-order valence-electron chi connectivity index (χ3n) is 4.51. The molecule has 26 heavy (non-hydrogen) atoms. The molecule has 1 atom stereocenters. The van der Waals surface area contributed by atoms with Crippen LogP contribution in [0.3, 0.4) is 0 Å². The Hall–Kier alpha value is -1.71. The van der Waals surface area contributed by atoms with Gasteiger partial charge in [-0.05, 0) is 52.5 Å². The number of halogens is 1. The van der Waals surface area contributed by atoms with Crippen LogP contribution in [0.1, 0.15) is 18.4 Å². The number of piperidine rings is 1. The molecule has 1 aromatic carbocycles. The van der Waals surface area contributed by atoms with Crippen molar-refractivity contribution in [1.29, 1.82) is 0 Å². The lowest BCUT2D eigenvalue weighted by atomic mass is 10.1. The molecule has 138 valence electrons. The zero-order valence-corrected chi connectivity index (χ0v) is 16.4. The molecule has 9 heteroatoms. The maximum Gasteiger partial charge on any atom is 0.316 e. The van der Waals surface area contributed by atoms with Crippen LogP contribution in [0.15, 0.2) is 40.0 Å². The third kappa shape index (κ3) is 3.56. The summed E-state index contributed by atoms with van der Waals surface area (Å²) in [7, 11) is -3.57. The van der Waals surface area contributed by atoms with Crippen LogP contribution in [-0.2, 0) is 16.4 Å². The topological polar surface area (TPSA) is 81.6 Å². The van der Waals surface area contributed by atoms with Crippen LogP contribution in [0.2, 0.25) is 0 Å². The Kier molecular flexibility index (Phi) is 4.85. The van der Waals surface area contributed by atoms with Gasteiger partial charge in [0.05, 0.1) is 22.5 Å². The van der Waals surface area contributed by atoms with Crippen molar-refractivity contribution in [2.75, 3.05) is 19.7 Å². The second kappa shape index (κ2) is 7.13. The molecule has 0 N–H and O–H groups in total. The SMILES string of the molecule is O=S(=O)(c1ccc2c(c1)CCO2)N1CCCC(Oc2ncc(Br)cn2)C1. The van der Waals surface area contributed by atoms with Gasteiger partial charge in [-0.3, -0.25) is 0 Å². The highest BCUT2D eigenvalue weighted by molar-refractivity contribution is 9.10. The third-order valence-corrected chi connectivity index (χ3v) is 6.78. The van der Waals surface area contributed by atoms with E-state index in [2.05, 4.69) is 25.9 Å². The van der Waals surface area contributed by atoms with Gasteiger partial charge in [0.2, 0.25) is 10.0 Å². The highest BCUT2D eigenvalue weighted by Crippen LogP contribution is 2.30. The summed E-state index contributed by atoms with van der Waals surface area (Å²) >= 11 is 3.28. The average Bonchev–Trinajstić information content (AvgIpc) is 3.12. The van der Waals surface area contributed by atoms with Crippen molar-refractivity contribution in [2.45, 2.75) is 30.3 Å². The minimum absolute atomic E-state index is 0.257. The van der Waals surface area contributed by atoms with Crippen LogP contribution in [0.4, 0.5) is 0 Å². The van der Waals surface area contributed by atoms with Gasteiger partial charge in [-0.25, -0.2) is 18.4 Å². The van der Waals surface area contributed by atoms with Crippen molar-refractivity contribution >= 4 is 26.0 Å². The van der Waals surface area contributed by atoms with Crippen LogP contribution in [0.5, 0.6) is 11.8 Å². The molecular formula is C17H18BrN3O4S. The molecule has 1 saturated heterocycles. The fourth-order valence-corrected chi connectivity index (χ4v) is 4.97. The number of hydrogen-bond donors (Lipinski definition) is 0. The second-order valence-corrected chi connectivity index (χ2v) is 9.15. The van der Waals surface area contributed by atoms with E-state index in [0.29, 0.717) is 18.0 Å². The van der Waals surface area contributed by atoms with Crippen molar-refractivity contribution in [3.8, 4) is 11.8 Å². The lowest BCUT2D eigenvalue weighted by molar-refractivity contribution is 0.119. The van der Waals surface area contributed by atoms with Crippen molar-refractivity contribution in [2.24, 2.45) is 0 Å². The van der Waals surface area contributed by atoms with Crippen LogP contribution in [-0.4, -0.2) is 48.5 Å². The summed E-state index contributed by atoms with van der Waals surface area (Å²) in [6.07, 6.45) is 5.18. The van der Waals surface area contributed by atoms with E-state index >= 15 is 0 Å². The molecule has 0 aliphatic carbocycles. The lowest BCUT2D eigenvalue weighted by Gasteiger charge is -2.31. The smallest absolute Gasteiger partial charge is 0.316 e. The number of ether oxygens (including phenoxy) is 2. The molecule has 2 aliphatic heterocycles. The Morgan fingerprint density at radius 3 is 2.88 bits per heavy atom. The molecule has 2 aliphatic rings. The number of nitrogens with zero attached hydrogens (tertiary/aromatic N) is 3. The molecule has 1 unspecified atom stereocenters. The maximum atomic E-state index is 13.0. The molecule has 0 amide bonds. The van der Waals surface area contributed by atoms with Crippen LogP contribution in [0, 0.1) is 0 Å². The minimum Gasteiger partial charge on any atom is -0.493 e. The molecule has 0 bridgehead atoms. The number of benzene rings is 1. The maximum absolute atomic E-state index is 13.0. The van der Waals surface area contributed by atoms with E-state index in [0.717, 1.165) is 35.0 Å². The van der Waals surface area contributed by atoms with Crippen LogP contribution < -0.4 is 9.47 Å². The first-order valence-electron chi connectivity index (χ1n) is 8.42. The van der Waals surface area contributed by atoms with Gasteiger partial charge in [-0.1, -0.05) is 0 Å². The van der Waals surface area contributed by atoms with Gasteiger partial charge < -0.3 is 9.47 Å². The standard InChI is InChI=1S/C17H18BrN3O4S/c18-13-9-19-17(20-10-13)25-14-2-1-6-21(11-14)26(22,23)15-3-4-16-12(8-15)5-7-24-16/h3-4,8-10,14H,1-2,5-7,11H2. The number of hydrogen-bond acceptors (Lipinski definition) is 6. The van der Waals surface area contributed by atoms with Crippen LogP contribution in [0.25, 0.3) is 0 Å². The first kappa shape index (κ1) is 17.7. The lowest BCUT2D eigenvalue weighted by Crippen LogP contribution is -2.44. The Labute approximate surface area is 160 Å². The molecule has 0 spiro atoms. The van der Waals surface area contributed by atoms with Gasteiger partial charge in [0.25, 0.3) is 0 Å². The van der Waals surface area contributed by atoms with E-state index in [1.807, 2.05) is 0 Å². The zero-order chi connectivity index (χ0) is 18.1. The summed E-state index contributed by atoms with van der Waals surface area (Å²) in [6, 6.07) is 5.33. The minimum atomic E-state index is -3.57. The number of sulfonamides is 1. The summed E-state index contributed by atoms with van der Waals surface area (Å²) in [5.41, 5.74) is 0.944. The summed E-state index contributed by atoms with van der Waals surface area (Å²) in [4.78, 5) is 8.50. The average molecular weight is 440 g/mol. The van der Waals surface area contributed by atoms with E-state index in [1.165, 1.54) is 4.31 Å². The fourth-order valence-electron chi connectivity index (χ4n) is 3.20. The summed E-state index contributed by atoms with van der Waals surface area (Å²) in [5.74, 6) is 0.774. The first-order valence-corrected chi connectivity index (χ1v) is 10.7. The fraction of sp³-hybridized carbons (Fsp3) is 0.412. The number of fused-ring (bicyclic) bond motifs is 1. The molecular weight excluding hydrogens is 422 g/mol. The molecule has 3 heterocycles. The predicted molar refractivity (Wildman–Crippen MR) is 97.8 cm³/mol. The van der Waals surface area contributed by atoms with Gasteiger partial charge in [0, 0.05) is 25.4 Å². The van der Waals surface area contributed by atoms with Gasteiger partial charge in [-0.2, -0.15) is 4.31 Å². The van der Waals surface area contributed by atoms with E-state index < -0.39 is 10.0 Å². The normalized spacial score (nSPS) is 20.4.